The lowest BCUT2D eigenvalue weighted by molar-refractivity contribution is -0.138. The molecular formula is C12H14N4O2. The van der Waals surface area contributed by atoms with Crippen molar-refractivity contribution in [2.75, 3.05) is 0 Å². The van der Waals surface area contributed by atoms with E-state index in [1.807, 2.05) is 31.2 Å². The van der Waals surface area contributed by atoms with Gasteiger partial charge in [-0.05, 0) is 18.6 Å². The number of para-hydroxylation sites is 1. The lowest BCUT2D eigenvalue weighted by Gasteiger charge is -2.10. The van der Waals surface area contributed by atoms with Crippen LogP contribution in [0.25, 0.3) is 5.69 Å². The van der Waals surface area contributed by atoms with Crippen molar-refractivity contribution < 1.29 is 9.90 Å². The van der Waals surface area contributed by atoms with E-state index in [-0.39, 0.29) is 6.42 Å². The largest absolute Gasteiger partial charge is 0.480 e. The Morgan fingerprint density at radius 3 is 2.83 bits per heavy atom. The lowest BCUT2D eigenvalue weighted by Crippen LogP contribution is -2.32. The topological polar surface area (TPSA) is 94.0 Å². The molecule has 0 amide bonds. The van der Waals surface area contributed by atoms with Crippen LogP contribution in [0.15, 0.2) is 30.5 Å². The maximum Gasteiger partial charge on any atom is 0.320 e. The van der Waals surface area contributed by atoms with E-state index in [1.165, 1.54) is 4.80 Å². The predicted octanol–water partition coefficient (Wildman–Crippen LogP) is 0.530. The van der Waals surface area contributed by atoms with Gasteiger partial charge in [-0.25, -0.2) is 0 Å². The molecule has 0 aliphatic heterocycles. The van der Waals surface area contributed by atoms with E-state index >= 15 is 0 Å². The van der Waals surface area contributed by atoms with Gasteiger partial charge in [-0.3, -0.25) is 4.79 Å². The molecule has 1 aromatic carbocycles. The van der Waals surface area contributed by atoms with Crippen molar-refractivity contribution in [2.24, 2.45) is 5.73 Å². The summed E-state index contributed by atoms with van der Waals surface area (Å²) in [5.74, 6) is -1.02. The van der Waals surface area contributed by atoms with Crippen LogP contribution in [0.4, 0.5) is 0 Å². The fourth-order valence-electron chi connectivity index (χ4n) is 1.66. The molecule has 2 rings (SSSR count). The predicted molar refractivity (Wildman–Crippen MR) is 65.4 cm³/mol. The van der Waals surface area contributed by atoms with Gasteiger partial charge in [0, 0.05) is 6.42 Å². The molecule has 94 valence electrons. The van der Waals surface area contributed by atoms with Crippen LogP contribution in [-0.4, -0.2) is 32.1 Å². The van der Waals surface area contributed by atoms with Crippen molar-refractivity contribution in [3.05, 3.63) is 41.7 Å². The molecule has 0 spiro atoms. The van der Waals surface area contributed by atoms with E-state index in [2.05, 4.69) is 10.2 Å². The minimum atomic E-state index is -1.02. The smallest absolute Gasteiger partial charge is 0.320 e. The van der Waals surface area contributed by atoms with Crippen LogP contribution in [0.1, 0.15) is 11.3 Å². The second-order valence-corrected chi connectivity index (χ2v) is 4.05. The Labute approximate surface area is 104 Å². The quantitative estimate of drug-likeness (QED) is 0.820. The number of aromatic nitrogens is 3. The maximum atomic E-state index is 10.8. The average Bonchev–Trinajstić information content (AvgIpc) is 2.76. The zero-order valence-corrected chi connectivity index (χ0v) is 9.95. The Balaban J connectivity index is 2.34. The van der Waals surface area contributed by atoms with E-state index in [0.717, 1.165) is 16.9 Å². The Hall–Kier alpha value is -2.21. The summed E-state index contributed by atoms with van der Waals surface area (Å²) < 4.78 is 0. The Kier molecular flexibility index (Phi) is 3.38. The molecule has 0 bridgehead atoms. The van der Waals surface area contributed by atoms with E-state index in [1.54, 1.807) is 6.20 Å². The minimum absolute atomic E-state index is 0.242. The zero-order valence-electron chi connectivity index (χ0n) is 9.95. The number of aliphatic carboxylic acids is 1. The summed E-state index contributed by atoms with van der Waals surface area (Å²) in [5.41, 5.74) is 7.91. The summed E-state index contributed by atoms with van der Waals surface area (Å²) >= 11 is 0. The van der Waals surface area contributed by atoms with Gasteiger partial charge >= 0.3 is 5.97 Å². The zero-order chi connectivity index (χ0) is 13.1. The second kappa shape index (κ2) is 4.97. The van der Waals surface area contributed by atoms with Crippen LogP contribution >= 0.6 is 0 Å². The number of hydrogen-bond acceptors (Lipinski definition) is 4. The van der Waals surface area contributed by atoms with Gasteiger partial charge in [0.15, 0.2) is 0 Å². The van der Waals surface area contributed by atoms with Crippen molar-refractivity contribution in [1.29, 1.82) is 0 Å². The van der Waals surface area contributed by atoms with E-state index in [4.69, 9.17) is 10.8 Å². The third-order valence-electron chi connectivity index (χ3n) is 2.57. The summed E-state index contributed by atoms with van der Waals surface area (Å²) in [7, 11) is 0. The van der Waals surface area contributed by atoms with Gasteiger partial charge in [0.25, 0.3) is 0 Å². The molecule has 6 nitrogen and oxygen atoms in total. The highest BCUT2D eigenvalue weighted by molar-refractivity contribution is 5.73. The summed E-state index contributed by atoms with van der Waals surface area (Å²) in [6.45, 7) is 1.84. The van der Waals surface area contributed by atoms with Crippen molar-refractivity contribution in [3.63, 3.8) is 0 Å². The molecule has 1 unspecified atom stereocenters. The van der Waals surface area contributed by atoms with Gasteiger partial charge < -0.3 is 10.8 Å². The van der Waals surface area contributed by atoms with Crippen LogP contribution in [0.2, 0.25) is 0 Å². The number of hydrogen-bond donors (Lipinski definition) is 2. The third kappa shape index (κ3) is 2.54. The number of nitrogens with zero attached hydrogens (tertiary/aromatic N) is 3. The first kappa shape index (κ1) is 12.3. The van der Waals surface area contributed by atoms with Crippen LogP contribution in [-0.2, 0) is 11.2 Å². The van der Waals surface area contributed by atoms with Gasteiger partial charge in [-0.2, -0.15) is 15.0 Å². The Bertz CT molecular complexity index is 565. The lowest BCUT2D eigenvalue weighted by atomic mass is 10.0. The summed E-state index contributed by atoms with van der Waals surface area (Å²) in [6.07, 6.45) is 1.89. The van der Waals surface area contributed by atoms with Crippen molar-refractivity contribution in [1.82, 2.24) is 15.0 Å². The molecular weight excluding hydrogens is 232 g/mol. The molecule has 0 aliphatic rings. The van der Waals surface area contributed by atoms with Gasteiger partial charge in [-0.1, -0.05) is 18.2 Å². The summed E-state index contributed by atoms with van der Waals surface area (Å²) in [6, 6.07) is 6.43. The Morgan fingerprint density at radius 2 is 2.22 bits per heavy atom. The Morgan fingerprint density at radius 1 is 1.50 bits per heavy atom. The van der Waals surface area contributed by atoms with Gasteiger partial charge in [-0.15, -0.1) is 0 Å². The molecule has 0 fully saturated rings. The molecule has 1 heterocycles. The minimum Gasteiger partial charge on any atom is -0.480 e. The van der Waals surface area contributed by atoms with Crippen molar-refractivity contribution >= 4 is 5.97 Å². The third-order valence-corrected chi connectivity index (χ3v) is 2.57. The standard InChI is InChI=1S/C12H14N4O2/c1-8-7-14-16(15-8)11-5-3-2-4-9(11)6-10(13)12(17)18/h2-5,7,10H,6,13H2,1H3,(H,17,18). The van der Waals surface area contributed by atoms with E-state index in [0.29, 0.717) is 0 Å². The fraction of sp³-hybridized carbons (Fsp3) is 0.250. The fourth-order valence-corrected chi connectivity index (χ4v) is 1.66. The molecule has 0 saturated heterocycles. The van der Waals surface area contributed by atoms with E-state index < -0.39 is 12.0 Å². The monoisotopic (exact) mass is 246 g/mol. The van der Waals surface area contributed by atoms with Crippen LogP contribution in [0.5, 0.6) is 0 Å². The number of rotatable bonds is 4. The van der Waals surface area contributed by atoms with Gasteiger partial charge in [0.05, 0.1) is 17.6 Å². The molecule has 1 atom stereocenters. The summed E-state index contributed by atoms with van der Waals surface area (Å²) in [5, 5.41) is 17.2. The number of benzene rings is 1. The number of carboxylic acids is 1. The number of aryl methyl sites for hydroxylation is 1. The SMILES string of the molecule is Cc1cnn(-c2ccccc2CC(N)C(=O)O)n1. The molecule has 0 radical (unpaired) electrons. The van der Waals surface area contributed by atoms with Gasteiger partial charge in [0.1, 0.15) is 6.04 Å². The summed E-state index contributed by atoms with van der Waals surface area (Å²) in [4.78, 5) is 12.3. The normalized spacial score (nSPS) is 12.3. The molecule has 1 aromatic heterocycles. The first-order valence-electron chi connectivity index (χ1n) is 5.53. The van der Waals surface area contributed by atoms with Crippen molar-refractivity contribution in [2.45, 2.75) is 19.4 Å². The average molecular weight is 246 g/mol. The molecule has 3 N–H and O–H groups in total. The molecule has 0 saturated carbocycles. The van der Waals surface area contributed by atoms with Crippen LogP contribution in [0.3, 0.4) is 0 Å². The molecule has 2 aromatic rings. The van der Waals surface area contributed by atoms with E-state index in [9.17, 15) is 4.79 Å². The second-order valence-electron chi connectivity index (χ2n) is 4.05. The molecule has 18 heavy (non-hydrogen) atoms. The highest BCUT2D eigenvalue weighted by Gasteiger charge is 2.15. The van der Waals surface area contributed by atoms with Crippen molar-refractivity contribution in [3.8, 4) is 5.69 Å². The van der Waals surface area contributed by atoms with Gasteiger partial charge in [0.2, 0.25) is 0 Å². The van der Waals surface area contributed by atoms with Crippen LogP contribution in [0, 0.1) is 6.92 Å². The maximum absolute atomic E-state index is 10.8. The molecule has 0 aliphatic carbocycles. The highest BCUT2D eigenvalue weighted by atomic mass is 16.4. The first-order valence-corrected chi connectivity index (χ1v) is 5.53. The highest BCUT2D eigenvalue weighted by Crippen LogP contribution is 2.14. The molecule has 6 heteroatoms. The number of carboxylic acid groups (broad SMARTS) is 1. The van der Waals surface area contributed by atoms with Crippen LogP contribution < -0.4 is 5.73 Å². The number of nitrogens with two attached hydrogens (primary N) is 1. The first-order chi connectivity index (χ1) is 8.58. The number of carbonyl (C=O) groups is 1.